The molecule has 2 nitrogen and oxygen atoms in total. The molecule has 46 heavy (non-hydrogen) atoms. The third kappa shape index (κ3) is 4.75. The molecule has 0 aromatic rings. The summed E-state index contributed by atoms with van der Waals surface area (Å²) in [6.07, 6.45) is -15.2. The Hall–Kier alpha value is -2.56. The van der Waals surface area contributed by atoms with Crippen molar-refractivity contribution in [3.05, 3.63) is 0 Å². The van der Waals surface area contributed by atoms with Crippen LogP contribution in [0.1, 0.15) is 0 Å². The molecule has 0 radical (unpaired) electrons. The summed E-state index contributed by atoms with van der Waals surface area (Å²) in [5, 5.41) is 0. The fraction of sp³-hybridized carbons (Fsp3) is 0.933. The van der Waals surface area contributed by atoms with Crippen molar-refractivity contribution in [3.63, 3.8) is 0 Å². The fourth-order valence-corrected chi connectivity index (χ4v) is 2.62. The SMILES string of the molecule is O=C(OF)C(F)(F)C(F)(F)C(F)(F)C(F)(F)C(F)(F)C(F)(F)C(F)(F)C(F)(F)C(F)(F)C(F)(F)C(F)(F)C(F)(C(F)F)C(F)(F)F. The molecule has 0 N–H and O–H groups in total. The van der Waals surface area contributed by atoms with Crippen LogP contribution in [0.3, 0.4) is 0 Å². The van der Waals surface area contributed by atoms with E-state index in [-0.39, 0.29) is 0 Å². The summed E-state index contributed by atoms with van der Waals surface area (Å²) in [5.41, 5.74) is -8.61. The van der Waals surface area contributed by atoms with Crippen LogP contribution in [-0.4, -0.2) is 89.4 Å². The van der Waals surface area contributed by atoms with E-state index in [4.69, 9.17) is 0 Å². The molecule has 0 heterocycles. The second kappa shape index (κ2) is 10.7. The zero-order valence-electron chi connectivity index (χ0n) is 19.4. The Morgan fingerprint density at radius 2 is 0.565 bits per heavy atom. The molecule has 0 rings (SSSR count). The second-order valence-corrected chi connectivity index (χ2v) is 8.19. The summed E-state index contributed by atoms with van der Waals surface area (Å²) in [6.45, 7) is 0. The zero-order valence-corrected chi connectivity index (χ0v) is 19.4. The van der Waals surface area contributed by atoms with Crippen molar-refractivity contribution in [2.75, 3.05) is 0 Å². The monoisotopic (exact) mass is 764 g/mol. The lowest BCUT2D eigenvalue weighted by Gasteiger charge is -2.46. The predicted octanol–water partition coefficient (Wildman–Crippen LogP) is 8.94. The first-order valence-electron chi connectivity index (χ1n) is 9.45. The summed E-state index contributed by atoms with van der Waals surface area (Å²) < 4.78 is 383. The van der Waals surface area contributed by atoms with Crippen molar-refractivity contribution in [1.82, 2.24) is 0 Å². The third-order valence-corrected chi connectivity index (χ3v) is 5.44. The Bertz CT molecular complexity index is 1130. The lowest BCUT2D eigenvalue weighted by Crippen LogP contribution is -2.79. The predicted molar refractivity (Wildman–Crippen MR) is 77.5 cm³/mol. The number of carbonyl (C=O) groups is 1. The molecule has 276 valence electrons. The van der Waals surface area contributed by atoms with Gasteiger partial charge in [-0.25, -0.2) is 22.9 Å². The molecule has 0 saturated heterocycles. The van der Waals surface area contributed by atoms with Gasteiger partial charge in [0.15, 0.2) is 0 Å². The number of hydrogen-bond donors (Lipinski definition) is 0. The summed E-state index contributed by atoms with van der Waals surface area (Å²) in [7, 11) is 0. The van der Waals surface area contributed by atoms with Crippen molar-refractivity contribution in [3.8, 4) is 0 Å². The van der Waals surface area contributed by atoms with Crippen LogP contribution in [0.2, 0.25) is 0 Å². The Labute approximate surface area is 228 Å². The quantitative estimate of drug-likeness (QED) is 0.175. The molecular weight excluding hydrogens is 763 g/mol. The molecule has 0 aromatic carbocycles. The van der Waals surface area contributed by atoms with E-state index >= 15 is 0 Å². The molecule has 0 aliphatic carbocycles. The van der Waals surface area contributed by atoms with Gasteiger partial charge >= 0.3 is 83.0 Å². The smallest absolute Gasteiger partial charge is 0.248 e. The van der Waals surface area contributed by atoms with Crippen molar-refractivity contribution in [2.24, 2.45) is 0 Å². The topological polar surface area (TPSA) is 26.3 Å². The molecule has 0 amide bonds. The maximum absolute atomic E-state index is 13.7. The van der Waals surface area contributed by atoms with E-state index in [2.05, 4.69) is 0 Å². The lowest BCUT2D eigenvalue weighted by atomic mass is 9.82. The van der Waals surface area contributed by atoms with Crippen molar-refractivity contribution < 1.29 is 137 Å². The second-order valence-electron chi connectivity index (χ2n) is 8.19. The van der Waals surface area contributed by atoms with Gasteiger partial charge in [-0.3, -0.25) is 0 Å². The van der Waals surface area contributed by atoms with Gasteiger partial charge in [0.05, 0.1) is 0 Å². The van der Waals surface area contributed by atoms with Gasteiger partial charge in [-0.15, -0.1) is 0 Å². The van der Waals surface area contributed by atoms with Gasteiger partial charge in [-0.05, 0) is 0 Å². The van der Waals surface area contributed by atoms with Gasteiger partial charge in [0, 0.05) is 4.53 Å². The molecular formula is C15HF29O2. The molecule has 0 fully saturated rings. The maximum atomic E-state index is 13.7. The van der Waals surface area contributed by atoms with Crippen LogP contribution in [0, 0.1) is 0 Å². The number of carbonyl (C=O) groups excluding carboxylic acids is 1. The minimum atomic E-state index is -9.97. The first-order valence-corrected chi connectivity index (χ1v) is 9.45. The first kappa shape index (κ1) is 43.4. The minimum absolute atomic E-state index is 1.16. The fourth-order valence-electron chi connectivity index (χ4n) is 2.62. The van der Waals surface area contributed by atoms with Gasteiger partial charge in [-0.2, -0.15) is 110 Å². The average Bonchev–Trinajstić information content (AvgIpc) is 2.85. The van der Waals surface area contributed by atoms with Crippen molar-refractivity contribution >= 4 is 5.97 Å². The molecule has 0 saturated carbocycles. The van der Waals surface area contributed by atoms with Gasteiger partial charge in [0.25, 0.3) is 6.43 Å². The van der Waals surface area contributed by atoms with E-state index in [0.717, 1.165) is 4.94 Å². The third-order valence-electron chi connectivity index (χ3n) is 5.44. The van der Waals surface area contributed by atoms with Crippen LogP contribution >= 0.6 is 0 Å². The number of halogens is 29. The molecule has 0 aliphatic rings. The van der Waals surface area contributed by atoms with Crippen LogP contribution in [0.25, 0.3) is 0 Å². The summed E-state index contributed by atoms with van der Waals surface area (Å²) in [4.78, 5) is 11.3. The Morgan fingerprint density at radius 3 is 0.739 bits per heavy atom. The minimum Gasteiger partial charge on any atom is -0.248 e. The van der Waals surface area contributed by atoms with E-state index in [1.807, 2.05) is 0 Å². The molecule has 0 bridgehead atoms. The number of rotatable bonds is 13. The van der Waals surface area contributed by atoms with Crippen molar-refractivity contribution in [2.45, 2.75) is 83.4 Å². The Morgan fingerprint density at radius 1 is 0.370 bits per heavy atom. The molecule has 0 aromatic heterocycles. The van der Waals surface area contributed by atoms with Gasteiger partial charge in [0.1, 0.15) is 0 Å². The van der Waals surface area contributed by atoms with Crippen LogP contribution in [-0.2, 0) is 9.74 Å². The number of hydrogen-bond acceptors (Lipinski definition) is 2. The normalized spacial score (nSPS) is 17.7. The first-order chi connectivity index (χ1) is 19.4. The zero-order chi connectivity index (χ0) is 38.4. The standard InChI is InChI=1S/C15HF29O2/c16-1(17)3(18,15(41,42)43)5(21,22)7(25,26)9(29,30)11(33,34)13(37,38)14(39,40)12(35,36)10(31,32)8(27,28)6(23,24)4(19,20)2(45)46-44/h1H. The largest absolute Gasteiger partial charge is 0.434 e. The van der Waals surface area contributed by atoms with Crippen LogP contribution in [0.5, 0.6) is 0 Å². The average molecular weight is 764 g/mol. The lowest BCUT2D eigenvalue weighted by molar-refractivity contribution is -0.481. The van der Waals surface area contributed by atoms with Gasteiger partial charge < -0.3 is 0 Å². The molecule has 31 heteroatoms. The molecule has 0 aliphatic heterocycles. The van der Waals surface area contributed by atoms with E-state index in [0.29, 0.717) is 0 Å². The number of alkyl halides is 28. The highest BCUT2D eigenvalue weighted by atomic mass is 19.4. The van der Waals surface area contributed by atoms with Crippen LogP contribution < -0.4 is 0 Å². The van der Waals surface area contributed by atoms with Crippen molar-refractivity contribution in [1.29, 1.82) is 0 Å². The summed E-state index contributed by atoms with van der Waals surface area (Å²) in [5.74, 6) is -109. The highest BCUT2D eigenvalue weighted by Gasteiger charge is 3.00. The van der Waals surface area contributed by atoms with E-state index in [9.17, 15) is 132 Å². The van der Waals surface area contributed by atoms with Gasteiger partial charge in [0.2, 0.25) is 0 Å². The van der Waals surface area contributed by atoms with Crippen LogP contribution in [0.4, 0.5) is 127 Å². The van der Waals surface area contributed by atoms with E-state index in [1.165, 1.54) is 0 Å². The summed E-state index contributed by atoms with van der Waals surface area (Å²) in [6, 6.07) is 0. The molecule has 1 unspecified atom stereocenters. The summed E-state index contributed by atoms with van der Waals surface area (Å²) >= 11 is 0. The van der Waals surface area contributed by atoms with Gasteiger partial charge in [-0.1, -0.05) is 0 Å². The Balaban J connectivity index is 7.62. The van der Waals surface area contributed by atoms with Crippen LogP contribution in [0.15, 0.2) is 0 Å². The molecule has 0 spiro atoms. The molecule has 1 atom stereocenters. The van der Waals surface area contributed by atoms with E-state index < -0.39 is 89.4 Å². The Kier molecular flexibility index (Phi) is 10.1. The van der Waals surface area contributed by atoms with E-state index in [1.54, 1.807) is 0 Å². The highest BCUT2D eigenvalue weighted by Crippen LogP contribution is 2.68. The maximum Gasteiger partial charge on any atom is 0.434 e. The highest BCUT2D eigenvalue weighted by molar-refractivity contribution is 5.78.